The van der Waals surface area contributed by atoms with Crippen LogP contribution in [-0.2, 0) is 14.3 Å². The summed E-state index contributed by atoms with van der Waals surface area (Å²) in [5, 5.41) is 9.90. The quantitative estimate of drug-likeness (QED) is 0.772. The molecule has 0 unspecified atom stereocenters. The van der Waals surface area contributed by atoms with Gasteiger partial charge < -0.3 is 14.6 Å². The third kappa shape index (κ3) is 6.03. The van der Waals surface area contributed by atoms with Crippen molar-refractivity contribution in [1.29, 1.82) is 0 Å². The lowest BCUT2D eigenvalue weighted by Gasteiger charge is -2.33. The summed E-state index contributed by atoms with van der Waals surface area (Å²) in [6.07, 6.45) is 3.20. The Hall–Kier alpha value is -0.610. The summed E-state index contributed by atoms with van der Waals surface area (Å²) < 4.78 is 10.6. The molecule has 1 fully saturated rings. The van der Waals surface area contributed by atoms with Gasteiger partial charge in [-0.3, -0.25) is 0 Å². The molecule has 1 N–H and O–H groups in total. The van der Waals surface area contributed by atoms with Crippen molar-refractivity contribution >= 4 is 5.97 Å². The molecule has 0 aliphatic heterocycles. The molecule has 100 valence electrons. The Labute approximate surface area is 103 Å². The number of aliphatic hydroxyl groups is 1. The van der Waals surface area contributed by atoms with Crippen molar-refractivity contribution in [3.05, 3.63) is 0 Å². The van der Waals surface area contributed by atoms with Gasteiger partial charge in [0.15, 0.2) is 0 Å². The van der Waals surface area contributed by atoms with Gasteiger partial charge in [0.2, 0.25) is 0 Å². The molecule has 1 saturated carbocycles. The minimum atomic E-state index is -0.656. The van der Waals surface area contributed by atoms with Gasteiger partial charge in [0.05, 0.1) is 11.7 Å². The average Bonchev–Trinajstić information content (AvgIpc) is 2.10. The molecule has 4 heteroatoms. The summed E-state index contributed by atoms with van der Waals surface area (Å²) in [6, 6.07) is 0. The van der Waals surface area contributed by atoms with Gasteiger partial charge in [0.1, 0.15) is 12.2 Å². The number of hydrogen-bond acceptors (Lipinski definition) is 4. The summed E-state index contributed by atoms with van der Waals surface area (Å²) >= 11 is 0. The maximum Gasteiger partial charge on any atom is 0.332 e. The molecule has 4 nitrogen and oxygen atoms in total. The fourth-order valence-electron chi connectivity index (χ4n) is 2.10. The number of rotatable bonds is 3. The molecular weight excluding hydrogens is 220 g/mol. The van der Waals surface area contributed by atoms with E-state index in [2.05, 4.69) is 0 Å². The maximum atomic E-state index is 11.5. The number of hydrogen-bond donors (Lipinski definition) is 1. The Kier molecular flexibility index (Phi) is 4.55. The van der Waals surface area contributed by atoms with Crippen LogP contribution in [0.4, 0.5) is 0 Å². The molecule has 0 amide bonds. The standard InChI is InChI=1S/C13H24O4/c1-12(2,3)17-11(14)9-16-10-6-5-7-13(4,15)8-10/h10,15H,5-9H2,1-4H3/t10-,13-/m0/s1. The molecule has 1 aliphatic rings. The maximum absolute atomic E-state index is 11.5. The van der Waals surface area contributed by atoms with Crippen molar-refractivity contribution < 1.29 is 19.4 Å². The van der Waals surface area contributed by atoms with Crippen molar-refractivity contribution in [2.24, 2.45) is 0 Å². The van der Waals surface area contributed by atoms with Crippen LogP contribution in [0.3, 0.4) is 0 Å². The Bertz CT molecular complexity index is 265. The Morgan fingerprint density at radius 3 is 2.65 bits per heavy atom. The van der Waals surface area contributed by atoms with Crippen LogP contribution in [0.2, 0.25) is 0 Å². The van der Waals surface area contributed by atoms with Crippen LogP contribution >= 0.6 is 0 Å². The molecule has 0 spiro atoms. The number of ether oxygens (including phenoxy) is 2. The zero-order valence-corrected chi connectivity index (χ0v) is 11.3. The zero-order valence-electron chi connectivity index (χ0n) is 11.3. The molecule has 0 bridgehead atoms. The van der Waals surface area contributed by atoms with Crippen LogP contribution in [0.25, 0.3) is 0 Å². The highest BCUT2D eigenvalue weighted by atomic mass is 16.6. The molecule has 0 heterocycles. The average molecular weight is 244 g/mol. The minimum Gasteiger partial charge on any atom is -0.458 e. The summed E-state index contributed by atoms with van der Waals surface area (Å²) in [5.74, 6) is -0.345. The number of carbonyl (C=O) groups is 1. The highest BCUT2D eigenvalue weighted by Crippen LogP contribution is 2.29. The lowest BCUT2D eigenvalue weighted by molar-refractivity contribution is -0.164. The first-order valence-electron chi connectivity index (χ1n) is 6.24. The van der Waals surface area contributed by atoms with Gasteiger partial charge in [-0.2, -0.15) is 0 Å². The van der Waals surface area contributed by atoms with E-state index in [-0.39, 0.29) is 18.7 Å². The van der Waals surface area contributed by atoms with Gasteiger partial charge in [0, 0.05) is 6.42 Å². The largest absolute Gasteiger partial charge is 0.458 e. The summed E-state index contributed by atoms with van der Waals surface area (Å²) in [7, 11) is 0. The van der Waals surface area contributed by atoms with Crippen LogP contribution in [0.15, 0.2) is 0 Å². The summed E-state index contributed by atoms with van der Waals surface area (Å²) in [4.78, 5) is 11.5. The molecule has 1 aliphatic carbocycles. The van der Waals surface area contributed by atoms with E-state index < -0.39 is 11.2 Å². The van der Waals surface area contributed by atoms with Crippen LogP contribution in [-0.4, -0.2) is 35.0 Å². The molecule has 0 radical (unpaired) electrons. The fourth-order valence-corrected chi connectivity index (χ4v) is 2.10. The van der Waals surface area contributed by atoms with E-state index >= 15 is 0 Å². The second-order valence-corrected chi connectivity index (χ2v) is 6.11. The first kappa shape index (κ1) is 14.5. The van der Waals surface area contributed by atoms with Gasteiger partial charge in [-0.25, -0.2) is 4.79 Å². The number of carbonyl (C=O) groups excluding carboxylic acids is 1. The lowest BCUT2D eigenvalue weighted by atomic mass is 9.85. The van der Waals surface area contributed by atoms with E-state index in [4.69, 9.17) is 9.47 Å². The van der Waals surface area contributed by atoms with Gasteiger partial charge in [-0.15, -0.1) is 0 Å². The van der Waals surface area contributed by atoms with Crippen molar-refractivity contribution in [2.45, 2.75) is 70.7 Å². The SMILES string of the molecule is CC(C)(C)OC(=O)CO[C@H]1CCC[C@](C)(O)C1. The van der Waals surface area contributed by atoms with Crippen molar-refractivity contribution in [2.75, 3.05) is 6.61 Å². The van der Waals surface area contributed by atoms with Crippen LogP contribution < -0.4 is 0 Å². The van der Waals surface area contributed by atoms with Crippen LogP contribution in [0, 0.1) is 0 Å². The first-order chi connectivity index (χ1) is 7.68. The predicted molar refractivity (Wildman–Crippen MR) is 64.7 cm³/mol. The summed E-state index contributed by atoms with van der Waals surface area (Å²) in [6.45, 7) is 7.27. The third-order valence-corrected chi connectivity index (χ3v) is 2.77. The minimum absolute atomic E-state index is 0.0297. The molecule has 1 rings (SSSR count). The van der Waals surface area contributed by atoms with E-state index in [0.717, 1.165) is 19.3 Å². The van der Waals surface area contributed by atoms with E-state index in [1.54, 1.807) is 0 Å². The number of esters is 1. The van der Waals surface area contributed by atoms with E-state index in [1.165, 1.54) is 0 Å². The smallest absolute Gasteiger partial charge is 0.332 e. The normalized spacial score (nSPS) is 30.1. The Morgan fingerprint density at radius 2 is 2.12 bits per heavy atom. The molecule has 0 aromatic carbocycles. The van der Waals surface area contributed by atoms with E-state index in [9.17, 15) is 9.90 Å². The van der Waals surface area contributed by atoms with Gasteiger partial charge in [-0.1, -0.05) is 0 Å². The highest BCUT2D eigenvalue weighted by Gasteiger charge is 2.31. The fraction of sp³-hybridized carbons (Fsp3) is 0.923. The second kappa shape index (κ2) is 5.36. The molecule has 0 saturated heterocycles. The second-order valence-electron chi connectivity index (χ2n) is 6.11. The predicted octanol–water partition coefficient (Wildman–Crippen LogP) is 2.04. The van der Waals surface area contributed by atoms with Gasteiger partial charge in [0.25, 0.3) is 0 Å². The van der Waals surface area contributed by atoms with Crippen molar-refractivity contribution in [3.63, 3.8) is 0 Å². The topological polar surface area (TPSA) is 55.8 Å². The molecule has 17 heavy (non-hydrogen) atoms. The monoisotopic (exact) mass is 244 g/mol. The van der Waals surface area contributed by atoms with Crippen molar-refractivity contribution in [1.82, 2.24) is 0 Å². The first-order valence-corrected chi connectivity index (χ1v) is 6.24. The van der Waals surface area contributed by atoms with E-state index in [1.807, 2.05) is 27.7 Å². The Balaban J connectivity index is 2.29. The third-order valence-electron chi connectivity index (χ3n) is 2.77. The zero-order chi connectivity index (χ0) is 13.1. The lowest BCUT2D eigenvalue weighted by Crippen LogP contribution is -2.37. The van der Waals surface area contributed by atoms with Gasteiger partial charge in [-0.05, 0) is 47.0 Å². The van der Waals surface area contributed by atoms with E-state index in [0.29, 0.717) is 6.42 Å². The van der Waals surface area contributed by atoms with Crippen LogP contribution in [0.1, 0.15) is 53.4 Å². The summed E-state index contributed by atoms with van der Waals surface area (Å²) in [5.41, 5.74) is -1.13. The molecule has 2 atom stereocenters. The van der Waals surface area contributed by atoms with Gasteiger partial charge >= 0.3 is 5.97 Å². The molecular formula is C13H24O4. The van der Waals surface area contributed by atoms with Crippen molar-refractivity contribution in [3.8, 4) is 0 Å². The van der Waals surface area contributed by atoms with Crippen LogP contribution in [0.5, 0.6) is 0 Å². The molecule has 0 aromatic rings. The Morgan fingerprint density at radius 1 is 1.47 bits per heavy atom. The molecule has 0 aromatic heterocycles. The highest BCUT2D eigenvalue weighted by molar-refractivity contribution is 5.71.